The van der Waals surface area contributed by atoms with Crippen LogP contribution in [-0.4, -0.2) is 51.2 Å². The molecule has 2 aliphatic heterocycles. The summed E-state index contributed by atoms with van der Waals surface area (Å²) in [7, 11) is 3.29. The molecule has 24 heavy (non-hydrogen) atoms. The van der Waals surface area contributed by atoms with Crippen LogP contribution in [0.5, 0.6) is 11.5 Å². The Bertz CT molecular complexity index is 539. The predicted molar refractivity (Wildman–Crippen MR) is 93.5 cm³/mol. The number of amides is 1. The average Bonchev–Trinajstić information content (AvgIpc) is 2.97. The second-order valence-electron chi connectivity index (χ2n) is 6.86. The maximum absolute atomic E-state index is 12.6. The van der Waals surface area contributed by atoms with Crippen LogP contribution in [0.2, 0.25) is 0 Å². The van der Waals surface area contributed by atoms with Crippen molar-refractivity contribution in [3.63, 3.8) is 0 Å². The molecular weight excluding hydrogens is 304 g/mol. The molecule has 1 N–H and O–H groups in total. The normalized spacial score (nSPS) is 23.5. The molecule has 3 rings (SSSR count). The molecule has 5 heteroatoms. The Morgan fingerprint density at radius 1 is 1.08 bits per heavy atom. The van der Waals surface area contributed by atoms with E-state index in [-0.39, 0.29) is 5.91 Å². The van der Waals surface area contributed by atoms with E-state index in [9.17, 15) is 4.79 Å². The lowest BCUT2D eigenvalue weighted by molar-refractivity contribution is -0.131. The lowest BCUT2D eigenvalue weighted by Gasteiger charge is -2.21. The SMILES string of the molecule is COc1cc(CCC(=O)N2CC[C@@H]3CNC[C@@H]3CC2)cc(OC)c1. The average molecular weight is 332 g/mol. The summed E-state index contributed by atoms with van der Waals surface area (Å²) in [6, 6.07) is 5.81. The molecule has 2 saturated heterocycles. The summed E-state index contributed by atoms with van der Waals surface area (Å²) >= 11 is 0. The molecule has 0 aliphatic carbocycles. The van der Waals surface area contributed by atoms with Crippen molar-refractivity contribution < 1.29 is 14.3 Å². The molecule has 132 valence electrons. The number of ether oxygens (including phenoxy) is 2. The summed E-state index contributed by atoms with van der Waals surface area (Å²) in [5, 5.41) is 3.48. The molecular formula is C19H28N2O3. The van der Waals surface area contributed by atoms with Crippen molar-refractivity contribution in [3.05, 3.63) is 23.8 Å². The number of nitrogens with one attached hydrogen (secondary N) is 1. The second kappa shape index (κ2) is 7.88. The van der Waals surface area contributed by atoms with E-state index in [0.717, 1.165) is 74.3 Å². The Labute approximate surface area is 144 Å². The zero-order chi connectivity index (χ0) is 16.9. The third-order valence-electron chi connectivity index (χ3n) is 5.41. The molecule has 0 radical (unpaired) electrons. The first kappa shape index (κ1) is 17.1. The van der Waals surface area contributed by atoms with Crippen LogP contribution in [0.4, 0.5) is 0 Å². The van der Waals surface area contributed by atoms with Crippen LogP contribution < -0.4 is 14.8 Å². The summed E-state index contributed by atoms with van der Waals surface area (Å²) in [5.74, 6) is 3.32. The minimum absolute atomic E-state index is 0.268. The molecule has 0 saturated carbocycles. The van der Waals surface area contributed by atoms with E-state index in [2.05, 4.69) is 10.2 Å². The fraction of sp³-hybridized carbons (Fsp3) is 0.632. The first-order chi connectivity index (χ1) is 11.7. The number of hydrogen-bond acceptors (Lipinski definition) is 4. The van der Waals surface area contributed by atoms with Gasteiger partial charge in [-0.05, 0) is 61.9 Å². The van der Waals surface area contributed by atoms with Crippen LogP contribution in [-0.2, 0) is 11.2 Å². The third kappa shape index (κ3) is 4.01. The van der Waals surface area contributed by atoms with E-state index in [1.165, 1.54) is 0 Å². The summed E-state index contributed by atoms with van der Waals surface area (Å²) < 4.78 is 10.6. The zero-order valence-electron chi connectivity index (χ0n) is 14.7. The maximum Gasteiger partial charge on any atom is 0.222 e. The molecule has 2 aliphatic rings. The number of carbonyl (C=O) groups excluding carboxylic acids is 1. The second-order valence-corrected chi connectivity index (χ2v) is 6.86. The fourth-order valence-corrected chi connectivity index (χ4v) is 3.89. The van der Waals surface area contributed by atoms with Crippen LogP contribution in [0.25, 0.3) is 0 Å². The Morgan fingerprint density at radius 2 is 1.67 bits per heavy atom. The number of fused-ring (bicyclic) bond motifs is 1. The Kier molecular flexibility index (Phi) is 5.61. The van der Waals surface area contributed by atoms with Crippen LogP contribution in [0.15, 0.2) is 18.2 Å². The van der Waals surface area contributed by atoms with Gasteiger partial charge in [0.15, 0.2) is 0 Å². The number of hydrogen-bond donors (Lipinski definition) is 1. The van der Waals surface area contributed by atoms with Crippen LogP contribution >= 0.6 is 0 Å². The summed E-state index contributed by atoms with van der Waals surface area (Å²) in [4.78, 5) is 14.7. The van der Waals surface area contributed by atoms with E-state index in [4.69, 9.17) is 9.47 Å². The first-order valence-corrected chi connectivity index (χ1v) is 8.90. The molecule has 2 fully saturated rings. The summed E-state index contributed by atoms with van der Waals surface area (Å²) in [5.41, 5.74) is 1.08. The maximum atomic E-state index is 12.6. The van der Waals surface area contributed by atoms with Gasteiger partial charge in [-0.1, -0.05) is 0 Å². The van der Waals surface area contributed by atoms with Crippen LogP contribution in [0.3, 0.4) is 0 Å². The highest BCUT2D eigenvalue weighted by atomic mass is 16.5. The standard InChI is InChI=1S/C19H28N2O3/c1-23-17-9-14(10-18(11-17)24-2)3-4-19(22)21-7-5-15-12-20-13-16(15)6-8-21/h9-11,15-16,20H,3-8,12-13H2,1-2H3/t15-,16+. The van der Waals surface area contributed by atoms with Crippen molar-refractivity contribution in [2.75, 3.05) is 40.4 Å². The Balaban J connectivity index is 1.55. The van der Waals surface area contributed by atoms with E-state index in [0.29, 0.717) is 6.42 Å². The van der Waals surface area contributed by atoms with Gasteiger partial charge in [0, 0.05) is 25.6 Å². The number of likely N-dealkylation sites (tertiary alicyclic amines) is 1. The zero-order valence-corrected chi connectivity index (χ0v) is 14.7. The number of methoxy groups -OCH3 is 2. The van der Waals surface area contributed by atoms with Gasteiger partial charge < -0.3 is 19.7 Å². The minimum atomic E-state index is 0.268. The van der Waals surface area contributed by atoms with E-state index >= 15 is 0 Å². The topological polar surface area (TPSA) is 50.8 Å². The predicted octanol–water partition coefficient (Wildman–Crippen LogP) is 2.09. The van der Waals surface area contributed by atoms with Gasteiger partial charge in [-0.15, -0.1) is 0 Å². The molecule has 1 aromatic carbocycles. The molecule has 2 heterocycles. The highest BCUT2D eigenvalue weighted by Crippen LogP contribution is 2.28. The minimum Gasteiger partial charge on any atom is -0.497 e. The number of nitrogens with zero attached hydrogens (tertiary/aromatic N) is 1. The van der Waals surface area contributed by atoms with Gasteiger partial charge in [-0.25, -0.2) is 0 Å². The largest absolute Gasteiger partial charge is 0.497 e. The van der Waals surface area contributed by atoms with Crippen molar-refractivity contribution >= 4 is 5.91 Å². The van der Waals surface area contributed by atoms with Gasteiger partial charge >= 0.3 is 0 Å². The van der Waals surface area contributed by atoms with Crippen molar-refractivity contribution in [1.29, 1.82) is 0 Å². The van der Waals surface area contributed by atoms with Crippen LogP contribution in [0, 0.1) is 11.8 Å². The summed E-state index contributed by atoms with van der Waals surface area (Å²) in [6.45, 7) is 4.05. The van der Waals surface area contributed by atoms with Gasteiger partial charge in [-0.2, -0.15) is 0 Å². The molecule has 1 amide bonds. The van der Waals surface area contributed by atoms with Crippen molar-refractivity contribution in [2.45, 2.75) is 25.7 Å². The van der Waals surface area contributed by atoms with Crippen LogP contribution in [0.1, 0.15) is 24.8 Å². The van der Waals surface area contributed by atoms with E-state index < -0.39 is 0 Å². The molecule has 0 bridgehead atoms. The molecule has 1 aromatic rings. The third-order valence-corrected chi connectivity index (χ3v) is 5.41. The monoisotopic (exact) mass is 332 g/mol. The molecule has 0 unspecified atom stereocenters. The number of aryl methyl sites for hydroxylation is 1. The Morgan fingerprint density at radius 3 is 2.21 bits per heavy atom. The first-order valence-electron chi connectivity index (χ1n) is 8.90. The number of carbonyl (C=O) groups is 1. The fourth-order valence-electron chi connectivity index (χ4n) is 3.89. The van der Waals surface area contributed by atoms with E-state index in [1.807, 2.05) is 18.2 Å². The number of rotatable bonds is 5. The van der Waals surface area contributed by atoms with Gasteiger partial charge in [0.1, 0.15) is 11.5 Å². The lowest BCUT2D eigenvalue weighted by atomic mass is 9.92. The molecule has 2 atom stereocenters. The lowest BCUT2D eigenvalue weighted by Crippen LogP contribution is -2.32. The quantitative estimate of drug-likeness (QED) is 0.897. The Hall–Kier alpha value is -1.75. The van der Waals surface area contributed by atoms with Gasteiger partial charge in [0.2, 0.25) is 5.91 Å². The van der Waals surface area contributed by atoms with Gasteiger partial charge in [0.25, 0.3) is 0 Å². The highest BCUT2D eigenvalue weighted by Gasteiger charge is 2.31. The number of benzene rings is 1. The van der Waals surface area contributed by atoms with Crippen molar-refractivity contribution in [3.8, 4) is 11.5 Å². The van der Waals surface area contributed by atoms with Gasteiger partial charge in [0.05, 0.1) is 14.2 Å². The van der Waals surface area contributed by atoms with Crippen molar-refractivity contribution in [1.82, 2.24) is 10.2 Å². The molecule has 0 spiro atoms. The smallest absolute Gasteiger partial charge is 0.222 e. The molecule has 5 nitrogen and oxygen atoms in total. The highest BCUT2D eigenvalue weighted by molar-refractivity contribution is 5.76. The van der Waals surface area contributed by atoms with Crippen molar-refractivity contribution in [2.24, 2.45) is 11.8 Å². The molecule has 0 aromatic heterocycles. The van der Waals surface area contributed by atoms with Gasteiger partial charge in [-0.3, -0.25) is 4.79 Å². The summed E-state index contributed by atoms with van der Waals surface area (Å²) in [6.07, 6.45) is 3.54. The van der Waals surface area contributed by atoms with E-state index in [1.54, 1.807) is 14.2 Å².